The van der Waals surface area contributed by atoms with Crippen LogP contribution in [0.1, 0.15) is 31.4 Å². The van der Waals surface area contributed by atoms with Crippen LogP contribution in [0.4, 0.5) is 0 Å². The molecule has 1 aromatic rings. The second-order valence-electron chi connectivity index (χ2n) is 3.94. The van der Waals surface area contributed by atoms with Crippen LogP contribution in [0.3, 0.4) is 0 Å². The van der Waals surface area contributed by atoms with Crippen LogP contribution in [0.15, 0.2) is 18.2 Å². The van der Waals surface area contributed by atoms with Gasteiger partial charge in [-0.15, -0.1) is 0 Å². The van der Waals surface area contributed by atoms with Crippen molar-refractivity contribution in [1.29, 1.82) is 0 Å². The fourth-order valence-electron chi connectivity index (χ4n) is 1.81. The lowest BCUT2D eigenvalue weighted by Crippen LogP contribution is -2.11. The lowest BCUT2D eigenvalue weighted by molar-refractivity contribution is 0.309. The topological polar surface area (TPSA) is 21.3 Å². The first-order valence-corrected chi connectivity index (χ1v) is 6.21. The maximum absolute atomic E-state index is 5.71. The van der Waals surface area contributed by atoms with Gasteiger partial charge in [-0.3, -0.25) is 0 Å². The highest BCUT2D eigenvalue weighted by molar-refractivity contribution is 5.35. The van der Waals surface area contributed by atoms with Crippen LogP contribution in [0, 0.1) is 0 Å². The summed E-state index contributed by atoms with van der Waals surface area (Å²) in [5, 5.41) is 3.11. The molecule has 1 rings (SSSR count). The molecule has 0 heterocycles. The second-order valence-corrected chi connectivity index (χ2v) is 3.94. The number of rotatable bonds is 7. The van der Waals surface area contributed by atoms with Crippen LogP contribution in [0.2, 0.25) is 0 Å². The SMILES string of the molecule is CCc1ccc(OCCCNC)cc1CC. The van der Waals surface area contributed by atoms with Crippen LogP contribution in [-0.4, -0.2) is 20.2 Å². The second kappa shape index (κ2) is 7.29. The summed E-state index contributed by atoms with van der Waals surface area (Å²) in [6.07, 6.45) is 3.23. The first-order valence-electron chi connectivity index (χ1n) is 6.21. The highest BCUT2D eigenvalue weighted by Gasteiger charge is 2.01. The Balaban J connectivity index is 2.54. The van der Waals surface area contributed by atoms with Gasteiger partial charge in [-0.25, -0.2) is 0 Å². The Hall–Kier alpha value is -1.02. The molecule has 0 aromatic heterocycles. The minimum absolute atomic E-state index is 0.787. The van der Waals surface area contributed by atoms with Gasteiger partial charge in [0.25, 0.3) is 0 Å². The van der Waals surface area contributed by atoms with Gasteiger partial charge in [0.1, 0.15) is 5.75 Å². The molecule has 2 nitrogen and oxygen atoms in total. The summed E-state index contributed by atoms with van der Waals surface area (Å²) in [6.45, 7) is 6.18. The number of nitrogens with one attached hydrogen (secondary N) is 1. The molecular weight excluding hydrogens is 198 g/mol. The van der Waals surface area contributed by atoms with Crippen LogP contribution in [-0.2, 0) is 12.8 Å². The molecule has 1 N–H and O–H groups in total. The average molecular weight is 221 g/mol. The third-order valence-corrected chi connectivity index (χ3v) is 2.78. The Bertz CT molecular complexity index is 310. The summed E-state index contributed by atoms with van der Waals surface area (Å²) >= 11 is 0. The molecular formula is C14H23NO. The van der Waals surface area contributed by atoms with E-state index < -0.39 is 0 Å². The lowest BCUT2D eigenvalue weighted by atomic mass is 10.0. The van der Waals surface area contributed by atoms with E-state index >= 15 is 0 Å². The van der Waals surface area contributed by atoms with Gasteiger partial charge < -0.3 is 10.1 Å². The molecule has 2 heteroatoms. The van der Waals surface area contributed by atoms with Gasteiger partial charge in [0.15, 0.2) is 0 Å². The first kappa shape index (κ1) is 13.0. The molecule has 0 fully saturated rings. The molecule has 0 saturated carbocycles. The highest BCUT2D eigenvalue weighted by atomic mass is 16.5. The van der Waals surface area contributed by atoms with E-state index in [0.717, 1.165) is 38.2 Å². The Labute approximate surface area is 99.0 Å². The molecule has 0 radical (unpaired) electrons. The van der Waals surface area contributed by atoms with E-state index in [1.807, 2.05) is 7.05 Å². The van der Waals surface area contributed by atoms with Gasteiger partial charge in [-0.05, 0) is 56.1 Å². The molecule has 0 amide bonds. The smallest absolute Gasteiger partial charge is 0.119 e. The van der Waals surface area contributed by atoms with Crippen LogP contribution in [0.25, 0.3) is 0 Å². The zero-order valence-electron chi connectivity index (χ0n) is 10.7. The molecule has 0 saturated heterocycles. The van der Waals surface area contributed by atoms with E-state index in [1.54, 1.807) is 0 Å². The maximum Gasteiger partial charge on any atom is 0.119 e. The molecule has 90 valence electrons. The Kier molecular flexibility index (Phi) is 5.94. The monoisotopic (exact) mass is 221 g/mol. The van der Waals surface area contributed by atoms with Crippen LogP contribution in [0.5, 0.6) is 5.75 Å². The van der Waals surface area contributed by atoms with E-state index in [2.05, 4.69) is 37.4 Å². The Morgan fingerprint density at radius 1 is 1.12 bits per heavy atom. The number of aryl methyl sites for hydroxylation is 2. The summed E-state index contributed by atoms with van der Waals surface area (Å²) in [5.41, 5.74) is 2.85. The van der Waals surface area contributed by atoms with Gasteiger partial charge in [-0.2, -0.15) is 0 Å². The van der Waals surface area contributed by atoms with Crippen molar-refractivity contribution in [1.82, 2.24) is 5.32 Å². The molecule has 0 aliphatic rings. The summed E-state index contributed by atoms with van der Waals surface area (Å²) < 4.78 is 5.71. The fraction of sp³-hybridized carbons (Fsp3) is 0.571. The van der Waals surface area contributed by atoms with Crippen molar-refractivity contribution >= 4 is 0 Å². The molecule has 0 aliphatic carbocycles. The zero-order chi connectivity index (χ0) is 11.8. The Morgan fingerprint density at radius 3 is 2.50 bits per heavy atom. The van der Waals surface area contributed by atoms with E-state index in [9.17, 15) is 0 Å². The van der Waals surface area contributed by atoms with Crippen LogP contribution >= 0.6 is 0 Å². The summed E-state index contributed by atoms with van der Waals surface area (Å²) in [7, 11) is 1.96. The van der Waals surface area contributed by atoms with E-state index in [0.29, 0.717) is 0 Å². The number of hydrogen-bond donors (Lipinski definition) is 1. The predicted octanol–water partition coefficient (Wildman–Crippen LogP) is 2.80. The first-order chi connectivity index (χ1) is 7.81. The molecule has 1 aromatic carbocycles. The van der Waals surface area contributed by atoms with Crippen molar-refractivity contribution in [2.45, 2.75) is 33.1 Å². The largest absolute Gasteiger partial charge is 0.494 e. The minimum Gasteiger partial charge on any atom is -0.494 e. The molecule has 0 spiro atoms. The Morgan fingerprint density at radius 2 is 1.88 bits per heavy atom. The molecule has 16 heavy (non-hydrogen) atoms. The third kappa shape index (κ3) is 3.86. The minimum atomic E-state index is 0.787. The number of hydrogen-bond acceptors (Lipinski definition) is 2. The van der Waals surface area contributed by atoms with E-state index in [-0.39, 0.29) is 0 Å². The summed E-state index contributed by atoms with van der Waals surface area (Å²) in [6, 6.07) is 6.45. The number of ether oxygens (including phenoxy) is 1. The highest BCUT2D eigenvalue weighted by Crippen LogP contribution is 2.19. The van der Waals surface area contributed by atoms with Gasteiger partial charge in [-0.1, -0.05) is 19.9 Å². The van der Waals surface area contributed by atoms with Crippen molar-refractivity contribution in [2.24, 2.45) is 0 Å². The molecule has 0 unspecified atom stereocenters. The van der Waals surface area contributed by atoms with Gasteiger partial charge in [0, 0.05) is 0 Å². The van der Waals surface area contributed by atoms with Gasteiger partial charge >= 0.3 is 0 Å². The van der Waals surface area contributed by atoms with Crippen molar-refractivity contribution in [3.05, 3.63) is 29.3 Å². The molecule has 0 bridgehead atoms. The quantitative estimate of drug-likeness (QED) is 0.715. The maximum atomic E-state index is 5.71. The predicted molar refractivity (Wildman–Crippen MR) is 69.2 cm³/mol. The normalized spacial score (nSPS) is 10.4. The van der Waals surface area contributed by atoms with Crippen molar-refractivity contribution in [3.8, 4) is 5.75 Å². The van der Waals surface area contributed by atoms with E-state index in [1.165, 1.54) is 11.1 Å². The van der Waals surface area contributed by atoms with Crippen molar-refractivity contribution in [2.75, 3.05) is 20.2 Å². The van der Waals surface area contributed by atoms with Crippen LogP contribution < -0.4 is 10.1 Å². The van der Waals surface area contributed by atoms with Gasteiger partial charge in [0.05, 0.1) is 6.61 Å². The molecule has 0 atom stereocenters. The zero-order valence-corrected chi connectivity index (χ0v) is 10.7. The molecule has 0 aliphatic heterocycles. The standard InChI is InChI=1S/C14H23NO/c1-4-12-7-8-14(11-13(12)5-2)16-10-6-9-15-3/h7-8,11,15H,4-6,9-10H2,1-3H3. The fourth-order valence-corrected chi connectivity index (χ4v) is 1.81. The van der Waals surface area contributed by atoms with E-state index in [4.69, 9.17) is 4.74 Å². The van der Waals surface area contributed by atoms with Gasteiger partial charge in [0.2, 0.25) is 0 Å². The lowest BCUT2D eigenvalue weighted by Gasteiger charge is -2.10. The average Bonchev–Trinajstić information content (AvgIpc) is 2.34. The third-order valence-electron chi connectivity index (χ3n) is 2.78. The van der Waals surface area contributed by atoms with Crippen molar-refractivity contribution < 1.29 is 4.74 Å². The summed E-state index contributed by atoms with van der Waals surface area (Å²) in [4.78, 5) is 0. The van der Waals surface area contributed by atoms with Crippen molar-refractivity contribution in [3.63, 3.8) is 0 Å². The summed E-state index contributed by atoms with van der Waals surface area (Å²) in [5.74, 6) is 1.00. The number of benzene rings is 1.